The number of likely N-dealkylation sites (tertiary alicyclic amines) is 1. The van der Waals surface area contributed by atoms with Gasteiger partial charge in [-0.25, -0.2) is 4.98 Å². The van der Waals surface area contributed by atoms with Crippen LogP contribution >= 0.6 is 11.6 Å². The third-order valence-corrected chi connectivity index (χ3v) is 8.60. The molecule has 1 saturated heterocycles. The standard InChI is InChI=1S/C33H46ClN5O/c1-8-10-16-38(15-9-2)28-13-11-26(12-14-28)31-30(34)17-23(5)32(37-31)36-25(7)40-29-18-27-20-39(24(6)22(3)4)21-33(27,35)19-29/h8,11-14,17,22,27,29H,1,6,9-10,15-16,18-21,35H2,2-5,7H3. The number of aliphatic imine (C=N–C) groups is 1. The summed E-state index contributed by atoms with van der Waals surface area (Å²) in [5.41, 5.74) is 11.6. The average Bonchev–Trinajstić information content (AvgIpc) is 3.38. The van der Waals surface area contributed by atoms with E-state index in [9.17, 15) is 0 Å². The lowest BCUT2D eigenvalue weighted by atomic mass is 9.92. The highest BCUT2D eigenvalue weighted by Gasteiger charge is 2.51. The normalized spacial score (nSPS) is 22.5. The molecule has 0 spiro atoms. The second-order valence-corrected chi connectivity index (χ2v) is 12.2. The van der Waals surface area contributed by atoms with E-state index in [-0.39, 0.29) is 11.6 Å². The van der Waals surface area contributed by atoms with E-state index in [4.69, 9.17) is 32.0 Å². The molecule has 0 radical (unpaired) electrons. The molecule has 4 rings (SSSR count). The molecule has 216 valence electrons. The van der Waals surface area contributed by atoms with Crippen LogP contribution in [0.3, 0.4) is 0 Å². The molecule has 2 aliphatic rings. The number of nitrogens with zero attached hydrogens (tertiary/aromatic N) is 4. The maximum absolute atomic E-state index is 6.87. The molecular weight excluding hydrogens is 518 g/mol. The van der Waals surface area contributed by atoms with Crippen LogP contribution in [-0.2, 0) is 4.74 Å². The molecule has 2 heterocycles. The number of hydrogen-bond acceptors (Lipinski definition) is 6. The summed E-state index contributed by atoms with van der Waals surface area (Å²) in [6.07, 6.45) is 5.81. The molecule has 7 heteroatoms. The smallest absolute Gasteiger partial charge is 0.186 e. The SMILES string of the molecule is C=CCCN(CCC)c1ccc(-c2nc(N=C(C)OC3CC4CN(C(=C)C(C)C)CC4(N)C3)c(C)cc2Cl)cc1. The van der Waals surface area contributed by atoms with Gasteiger partial charge in [0.2, 0.25) is 0 Å². The number of rotatable bonds is 11. The third kappa shape index (κ3) is 6.72. The highest BCUT2D eigenvalue weighted by molar-refractivity contribution is 6.33. The minimum atomic E-state index is -0.241. The van der Waals surface area contributed by atoms with Gasteiger partial charge in [0, 0.05) is 62.0 Å². The fraction of sp³-hybridized carbons (Fsp3) is 0.515. The zero-order valence-corrected chi connectivity index (χ0v) is 25.7. The van der Waals surface area contributed by atoms with Gasteiger partial charge in [0.15, 0.2) is 11.7 Å². The Morgan fingerprint density at radius 1 is 1.32 bits per heavy atom. The molecule has 1 aromatic carbocycles. The van der Waals surface area contributed by atoms with Gasteiger partial charge in [0.25, 0.3) is 0 Å². The average molecular weight is 564 g/mol. The van der Waals surface area contributed by atoms with Crippen molar-refractivity contribution in [2.24, 2.45) is 22.6 Å². The van der Waals surface area contributed by atoms with Crippen LogP contribution in [0.2, 0.25) is 5.02 Å². The van der Waals surface area contributed by atoms with Gasteiger partial charge in [-0.1, -0.05) is 57.2 Å². The summed E-state index contributed by atoms with van der Waals surface area (Å²) in [6.45, 7) is 22.4. The first-order valence-electron chi connectivity index (χ1n) is 14.6. The van der Waals surface area contributed by atoms with Crippen LogP contribution in [0.25, 0.3) is 11.3 Å². The van der Waals surface area contributed by atoms with Crippen molar-refractivity contribution in [1.82, 2.24) is 9.88 Å². The second-order valence-electron chi connectivity index (χ2n) is 11.8. The van der Waals surface area contributed by atoms with E-state index in [2.05, 4.69) is 68.0 Å². The number of anilines is 1. The quantitative estimate of drug-likeness (QED) is 0.174. The molecule has 2 fully saturated rings. The van der Waals surface area contributed by atoms with Crippen molar-refractivity contribution >= 4 is 29.0 Å². The van der Waals surface area contributed by atoms with Crippen LogP contribution in [0.15, 0.2) is 60.3 Å². The van der Waals surface area contributed by atoms with Gasteiger partial charge in [-0.3, -0.25) is 0 Å². The van der Waals surface area contributed by atoms with Crippen molar-refractivity contribution in [2.75, 3.05) is 31.1 Å². The molecule has 3 unspecified atom stereocenters. The highest BCUT2D eigenvalue weighted by atomic mass is 35.5. The first-order valence-corrected chi connectivity index (χ1v) is 15.0. The fourth-order valence-corrected chi connectivity index (χ4v) is 6.37. The summed E-state index contributed by atoms with van der Waals surface area (Å²) in [7, 11) is 0. The largest absolute Gasteiger partial charge is 0.477 e. The van der Waals surface area contributed by atoms with Gasteiger partial charge < -0.3 is 20.3 Å². The number of benzene rings is 1. The molecule has 1 aromatic heterocycles. The molecule has 1 aliphatic carbocycles. The molecule has 1 saturated carbocycles. The minimum absolute atomic E-state index is 0.0555. The molecule has 3 atom stereocenters. The van der Waals surface area contributed by atoms with E-state index in [0.29, 0.717) is 28.6 Å². The molecule has 0 bridgehead atoms. The Morgan fingerprint density at radius 2 is 2.05 bits per heavy atom. The number of aryl methyl sites for hydroxylation is 1. The van der Waals surface area contributed by atoms with Gasteiger partial charge >= 0.3 is 0 Å². The molecular formula is C33H46ClN5O. The zero-order chi connectivity index (χ0) is 29.0. The summed E-state index contributed by atoms with van der Waals surface area (Å²) >= 11 is 6.67. The summed E-state index contributed by atoms with van der Waals surface area (Å²) in [4.78, 5) is 14.4. The van der Waals surface area contributed by atoms with Crippen LogP contribution in [0.5, 0.6) is 0 Å². The summed E-state index contributed by atoms with van der Waals surface area (Å²) in [6, 6.07) is 10.4. The van der Waals surface area contributed by atoms with Crippen molar-refractivity contribution in [3.05, 3.63) is 65.8 Å². The van der Waals surface area contributed by atoms with Crippen molar-refractivity contribution in [2.45, 2.75) is 71.9 Å². The van der Waals surface area contributed by atoms with Crippen LogP contribution in [0.4, 0.5) is 11.5 Å². The van der Waals surface area contributed by atoms with E-state index in [1.807, 2.05) is 26.0 Å². The van der Waals surface area contributed by atoms with Gasteiger partial charge in [-0.2, -0.15) is 4.99 Å². The van der Waals surface area contributed by atoms with E-state index in [1.54, 1.807) is 0 Å². The highest BCUT2D eigenvalue weighted by Crippen LogP contribution is 2.43. The predicted octanol–water partition coefficient (Wildman–Crippen LogP) is 7.53. The van der Waals surface area contributed by atoms with E-state index >= 15 is 0 Å². The first kappa shape index (κ1) is 30.1. The van der Waals surface area contributed by atoms with Crippen LogP contribution in [0.1, 0.15) is 58.9 Å². The van der Waals surface area contributed by atoms with Crippen molar-refractivity contribution in [3.63, 3.8) is 0 Å². The van der Waals surface area contributed by atoms with Crippen LogP contribution < -0.4 is 10.6 Å². The number of aromatic nitrogens is 1. The lowest BCUT2D eigenvalue weighted by molar-refractivity contribution is 0.173. The molecule has 40 heavy (non-hydrogen) atoms. The molecule has 2 N–H and O–H groups in total. The number of nitrogens with two attached hydrogens (primary N) is 1. The first-order chi connectivity index (χ1) is 19.0. The van der Waals surface area contributed by atoms with Gasteiger partial charge in [0.1, 0.15) is 6.10 Å². The zero-order valence-electron chi connectivity index (χ0n) is 24.9. The fourth-order valence-electron chi connectivity index (χ4n) is 6.06. The van der Waals surface area contributed by atoms with Gasteiger partial charge in [0.05, 0.1) is 10.7 Å². The lowest BCUT2D eigenvalue weighted by Gasteiger charge is -2.28. The maximum Gasteiger partial charge on any atom is 0.186 e. The second kappa shape index (κ2) is 12.8. The summed E-state index contributed by atoms with van der Waals surface area (Å²) < 4.78 is 6.33. The Labute approximate surface area is 246 Å². The maximum atomic E-state index is 6.87. The van der Waals surface area contributed by atoms with Gasteiger partial charge in [-0.05, 0) is 61.8 Å². The molecule has 2 aromatic rings. The van der Waals surface area contributed by atoms with E-state index in [1.165, 1.54) is 11.4 Å². The number of allylic oxidation sites excluding steroid dienone is 1. The summed E-state index contributed by atoms with van der Waals surface area (Å²) in [5, 5.41) is 0.612. The van der Waals surface area contributed by atoms with Crippen LogP contribution in [0, 0.1) is 18.8 Å². The van der Waals surface area contributed by atoms with Gasteiger partial charge in [-0.15, -0.1) is 6.58 Å². The third-order valence-electron chi connectivity index (χ3n) is 8.31. The minimum Gasteiger partial charge on any atom is -0.477 e. The molecule has 0 amide bonds. The van der Waals surface area contributed by atoms with E-state index < -0.39 is 0 Å². The Hall–Kier alpha value is -2.83. The number of pyridine rings is 1. The monoisotopic (exact) mass is 563 g/mol. The van der Waals surface area contributed by atoms with Crippen molar-refractivity contribution < 1.29 is 4.74 Å². The summed E-state index contributed by atoms with van der Waals surface area (Å²) in [5.74, 6) is 2.06. The molecule has 1 aliphatic heterocycles. The predicted molar refractivity (Wildman–Crippen MR) is 170 cm³/mol. The Kier molecular flexibility index (Phi) is 9.63. The number of hydrogen-bond donors (Lipinski definition) is 1. The van der Waals surface area contributed by atoms with Crippen molar-refractivity contribution in [1.29, 1.82) is 0 Å². The Balaban J connectivity index is 1.46. The Bertz CT molecular complexity index is 1240. The number of fused-ring (bicyclic) bond motifs is 1. The lowest BCUT2D eigenvalue weighted by Crippen LogP contribution is -2.45. The topological polar surface area (TPSA) is 67.0 Å². The number of halogens is 1. The van der Waals surface area contributed by atoms with Crippen molar-refractivity contribution in [3.8, 4) is 11.3 Å². The molecule has 6 nitrogen and oxygen atoms in total. The van der Waals surface area contributed by atoms with Crippen LogP contribution in [-0.4, -0.2) is 53.6 Å². The number of ether oxygens (including phenoxy) is 1. The Morgan fingerprint density at radius 3 is 2.67 bits per heavy atom. The van der Waals surface area contributed by atoms with E-state index in [0.717, 1.165) is 68.7 Å².